The average Bonchev–Trinajstić information content (AvgIpc) is 2.75. The van der Waals surface area contributed by atoms with Crippen molar-refractivity contribution in [1.29, 1.82) is 0 Å². The third-order valence-corrected chi connectivity index (χ3v) is 5.50. The summed E-state index contributed by atoms with van der Waals surface area (Å²) in [6.45, 7) is 6.06. The predicted octanol–water partition coefficient (Wildman–Crippen LogP) is 3.61. The number of hydrogen-bond donors (Lipinski definition) is 3. The Balaban J connectivity index is 1.91. The molecule has 3 aromatic carbocycles. The Hall–Kier alpha value is -3.61. The molecule has 1 unspecified atom stereocenters. The second-order valence-corrected chi connectivity index (χ2v) is 7.88. The molecule has 162 valence electrons. The summed E-state index contributed by atoms with van der Waals surface area (Å²) >= 11 is 0. The van der Waals surface area contributed by atoms with Crippen molar-refractivity contribution in [3.05, 3.63) is 79.1 Å². The molecule has 3 N–H and O–H groups in total. The van der Waals surface area contributed by atoms with Crippen molar-refractivity contribution < 1.29 is 9.90 Å². The lowest BCUT2D eigenvalue weighted by Crippen LogP contribution is -2.37. The molecule has 0 saturated carbocycles. The van der Waals surface area contributed by atoms with E-state index in [1.807, 2.05) is 32.9 Å². The number of phenols is 1. The van der Waals surface area contributed by atoms with Crippen LogP contribution < -0.4 is 21.5 Å². The van der Waals surface area contributed by atoms with Crippen LogP contribution in [-0.4, -0.2) is 30.0 Å². The molecule has 0 saturated heterocycles. The van der Waals surface area contributed by atoms with Gasteiger partial charge in [0.15, 0.2) is 5.75 Å². The zero-order valence-electron chi connectivity index (χ0n) is 18.4. The number of amides is 1. The molecule has 0 heterocycles. The molecule has 0 aliphatic carbocycles. The Bertz CT molecular complexity index is 1210. The van der Waals surface area contributed by atoms with E-state index in [-0.39, 0.29) is 40.3 Å². The number of rotatable bonds is 7. The molecule has 7 heteroatoms. The van der Waals surface area contributed by atoms with Crippen molar-refractivity contribution in [2.45, 2.75) is 33.2 Å². The lowest BCUT2D eigenvalue weighted by atomic mass is 9.98. The van der Waals surface area contributed by atoms with Crippen molar-refractivity contribution in [1.82, 2.24) is 4.90 Å². The Morgan fingerprint density at radius 2 is 1.71 bits per heavy atom. The van der Waals surface area contributed by atoms with Crippen molar-refractivity contribution in [3.63, 3.8) is 0 Å². The van der Waals surface area contributed by atoms with Gasteiger partial charge in [-0.2, -0.15) is 0 Å². The van der Waals surface area contributed by atoms with Gasteiger partial charge in [-0.05, 0) is 49.1 Å². The SMILES string of the molecule is CCC(Nc1c(Nc2cccc(C(=O)N(C)C)c2O)c(=O)c1=O)c1ccc(C)c(C)c1. The molecule has 0 fully saturated rings. The molecular weight excluding hydrogens is 394 g/mol. The monoisotopic (exact) mass is 421 g/mol. The molecule has 0 aliphatic heterocycles. The van der Waals surface area contributed by atoms with Crippen LogP contribution in [0.2, 0.25) is 0 Å². The Kier molecular flexibility index (Phi) is 6.15. The fourth-order valence-electron chi connectivity index (χ4n) is 3.42. The molecule has 1 atom stereocenters. The standard InChI is InChI=1S/C24H27N3O4/c1-6-17(15-11-10-13(2)14(3)12-15)25-19-20(23(30)22(19)29)26-18-9-7-8-16(21(18)28)24(31)27(4)5/h7-12,17,25-26,28H,6H2,1-5H3. The number of nitrogens with one attached hydrogen (secondary N) is 2. The first-order valence-corrected chi connectivity index (χ1v) is 10.1. The van der Waals surface area contributed by atoms with Gasteiger partial charge in [0.25, 0.3) is 16.8 Å². The molecule has 0 radical (unpaired) electrons. The maximum Gasteiger partial charge on any atom is 0.257 e. The van der Waals surface area contributed by atoms with E-state index < -0.39 is 10.9 Å². The third-order valence-electron chi connectivity index (χ3n) is 5.50. The molecular formula is C24H27N3O4. The summed E-state index contributed by atoms with van der Waals surface area (Å²) in [5.41, 5.74) is 2.62. The molecule has 31 heavy (non-hydrogen) atoms. The molecule has 7 nitrogen and oxygen atoms in total. The molecule has 3 aromatic rings. The fourth-order valence-corrected chi connectivity index (χ4v) is 3.42. The highest BCUT2D eigenvalue weighted by Gasteiger charge is 2.25. The molecule has 1 amide bonds. The smallest absolute Gasteiger partial charge is 0.257 e. The van der Waals surface area contributed by atoms with Crippen LogP contribution in [0.3, 0.4) is 0 Å². The van der Waals surface area contributed by atoms with Gasteiger partial charge in [-0.15, -0.1) is 0 Å². The van der Waals surface area contributed by atoms with Crippen LogP contribution in [0.25, 0.3) is 0 Å². The first-order chi connectivity index (χ1) is 14.6. The van der Waals surface area contributed by atoms with Gasteiger partial charge in [0.1, 0.15) is 11.4 Å². The van der Waals surface area contributed by atoms with E-state index >= 15 is 0 Å². The first kappa shape index (κ1) is 22.1. The number of aromatic hydroxyl groups is 1. The molecule has 0 aliphatic rings. The maximum absolute atomic E-state index is 12.3. The number of nitrogens with zero attached hydrogens (tertiary/aromatic N) is 1. The van der Waals surface area contributed by atoms with Gasteiger partial charge in [-0.25, -0.2) is 0 Å². The van der Waals surface area contributed by atoms with E-state index in [9.17, 15) is 19.5 Å². The second kappa shape index (κ2) is 8.63. The van der Waals surface area contributed by atoms with Gasteiger partial charge < -0.3 is 20.6 Å². The second-order valence-electron chi connectivity index (χ2n) is 7.88. The minimum absolute atomic E-state index is 0.0806. The summed E-state index contributed by atoms with van der Waals surface area (Å²) in [5, 5.41) is 16.5. The van der Waals surface area contributed by atoms with E-state index in [2.05, 4.69) is 16.7 Å². The Morgan fingerprint density at radius 3 is 2.32 bits per heavy atom. The summed E-state index contributed by atoms with van der Waals surface area (Å²) in [5.74, 6) is -0.647. The predicted molar refractivity (Wildman–Crippen MR) is 123 cm³/mol. The van der Waals surface area contributed by atoms with E-state index in [1.54, 1.807) is 26.2 Å². The van der Waals surface area contributed by atoms with Crippen LogP contribution in [0.15, 0.2) is 46.0 Å². The molecule has 3 rings (SSSR count). The van der Waals surface area contributed by atoms with E-state index in [0.717, 1.165) is 11.1 Å². The lowest BCUT2D eigenvalue weighted by molar-refractivity contribution is 0.0824. The van der Waals surface area contributed by atoms with Crippen LogP contribution in [0, 0.1) is 13.8 Å². The van der Waals surface area contributed by atoms with Crippen LogP contribution in [0.4, 0.5) is 17.1 Å². The summed E-state index contributed by atoms with van der Waals surface area (Å²) < 4.78 is 0. The van der Waals surface area contributed by atoms with Crippen LogP contribution in [0.5, 0.6) is 5.75 Å². The number of hydrogen-bond acceptors (Lipinski definition) is 6. The largest absolute Gasteiger partial charge is 0.505 e. The van der Waals surface area contributed by atoms with E-state index in [0.29, 0.717) is 6.42 Å². The van der Waals surface area contributed by atoms with E-state index in [1.165, 1.54) is 16.5 Å². The minimum Gasteiger partial charge on any atom is -0.505 e. The van der Waals surface area contributed by atoms with Gasteiger partial charge in [-0.1, -0.05) is 31.2 Å². The Morgan fingerprint density at radius 1 is 1.03 bits per heavy atom. The fraction of sp³-hybridized carbons (Fsp3) is 0.292. The summed E-state index contributed by atoms with van der Waals surface area (Å²) in [4.78, 5) is 38.1. The number of anilines is 3. The van der Waals surface area contributed by atoms with Gasteiger partial charge in [0.2, 0.25) is 0 Å². The van der Waals surface area contributed by atoms with Crippen molar-refractivity contribution in [2.75, 3.05) is 24.7 Å². The number of aryl methyl sites for hydroxylation is 2. The van der Waals surface area contributed by atoms with Gasteiger partial charge in [0.05, 0.1) is 17.3 Å². The van der Waals surface area contributed by atoms with Crippen molar-refractivity contribution in [2.24, 2.45) is 0 Å². The number of benzene rings is 2. The number of phenolic OH excluding ortho intramolecular Hbond substituents is 1. The van der Waals surface area contributed by atoms with Gasteiger partial charge in [0, 0.05) is 14.1 Å². The van der Waals surface area contributed by atoms with Crippen molar-refractivity contribution in [3.8, 4) is 5.75 Å². The zero-order valence-corrected chi connectivity index (χ0v) is 18.4. The first-order valence-electron chi connectivity index (χ1n) is 10.1. The number of para-hydroxylation sites is 1. The average molecular weight is 421 g/mol. The van der Waals surface area contributed by atoms with Crippen LogP contribution in [-0.2, 0) is 0 Å². The number of carbonyl (C=O) groups is 1. The Labute approximate surface area is 181 Å². The summed E-state index contributed by atoms with van der Waals surface area (Å²) in [6, 6.07) is 10.6. The molecule has 0 aromatic heterocycles. The number of carbonyl (C=O) groups excluding carboxylic acids is 1. The highest BCUT2D eigenvalue weighted by atomic mass is 16.3. The van der Waals surface area contributed by atoms with Crippen molar-refractivity contribution >= 4 is 23.0 Å². The topological polar surface area (TPSA) is 98.7 Å². The summed E-state index contributed by atoms with van der Waals surface area (Å²) in [7, 11) is 3.16. The quantitative estimate of drug-likeness (QED) is 0.398. The lowest BCUT2D eigenvalue weighted by Gasteiger charge is -2.23. The van der Waals surface area contributed by atoms with Crippen LogP contribution >= 0.6 is 0 Å². The van der Waals surface area contributed by atoms with Gasteiger partial charge >= 0.3 is 0 Å². The summed E-state index contributed by atoms with van der Waals surface area (Å²) in [6.07, 6.45) is 0.707. The molecule has 0 bridgehead atoms. The maximum atomic E-state index is 12.3. The van der Waals surface area contributed by atoms with E-state index in [4.69, 9.17) is 0 Å². The highest BCUT2D eigenvalue weighted by Crippen LogP contribution is 2.33. The van der Waals surface area contributed by atoms with Crippen LogP contribution in [0.1, 0.15) is 46.4 Å². The minimum atomic E-state index is -0.666. The zero-order chi connectivity index (χ0) is 22.9. The molecule has 0 spiro atoms. The van der Waals surface area contributed by atoms with Gasteiger partial charge in [-0.3, -0.25) is 14.4 Å². The highest BCUT2D eigenvalue weighted by molar-refractivity contribution is 5.99. The third kappa shape index (κ3) is 4.17. The normalized spacial score (nSPS) is 11.9.